The van der Waals surface area contributed by atoms with Gasteiger partial charge in [0.05, 0.1) is 49.0 Å². The Labute approximate surface area is 366 Å². The van der Waals surface area contributed by atoms with Gasteiger partial charge in [-0.2, -0.15) is 5.10 Å². The third-order valence-corrected chi connectivity index (χ3v) is 12.4. The van der Waals surface area contributed by atoms with E-state index in [1.54, 1.807) is 6.07 Å². The van der Waals surface area contributed by atoms with Crippen molar-refractivity contribution in [3.8, 4) is 22.8 Å². The van der Waals surface area contributed by atoms with E-state index in [1.165, 1.54) is 13.4 Å². The van der Waals surface area contributed by atoms with Gasteiger partial charge >= 0.3 is 0 Å². The number of benzene rings is 3. The maximum absolute atomic E-state index is 13.4. The van der Waals surface area contributed by atoms with E-state index in [1.807, 2.05) is 71.4 Å². The first kappa shape index (κ1) is 43.6. The number of carbonyl (C=O) groups excluding carboxylic acids is 4. The lowest BCUT2D eigenvalue weighted by molar-refractivity contribution is -0.124. The van der Waals surface area contributed by atoms with Crippen molar-refractivity contribution in [3.05, 3.63) is 95.8 Å². The maximum Gasteiger partial charge on any atom is 0.262 e. The summed E-state index contributed by atoms with van der Waals surface area (Å²) in [6, 6.07) is 22.2. The first-order chi connectivity index (χ1) is 30.8. The topological polar surface area (TPSA) is 187 Å². The van der Waals surface area contributed by atoms with Gasteiger partial charge in [-0.15, -0.1) is 0 Å². The molecular weight excluding hydrogens is 803 g/mol. The lowest BCUT2D eigenvalue weighted by atomic mass is 9.88. The molecule has 5 heterocycles. The molecule has 0 saturated carbocycles. The zero-order chi connectivity index (χ0) is 43.7. The largest absolute Gasteiger partial charge is 0.457 e. The number of rotatable bonds is 19. The number of carbonyl (C=O) groups is 4. The number of nitrogen functional groups attached to an aromatic ring is 1. The van der Waals surface area contributed by atoms with Crippen LogP contribution in [0.5, 0.6) is 11.5 Å². The Hall–Kier alpha value is -6.07. The van der Waals surface area contributed by atoms with Gasteiger partial charge in [-0.1, -0.05) is 24.3 Å². The van der Waals surface area contributed by atoms with Crippen molar-refractivity contribution in [2.75, 3.05) is 78.5 Å². The molecule has 16 heteroatoms. The molecule has 8 rings (SSSR count). The summed E-state index contributed by atoms with van der Waals surface area (Å²) in [5.41, 5.74) is 10.5. The van der Waals surface area contributed by atoms with Gasteiger partial charge in [-0.05, 0) is 105 Å². The number of para-hydroxylation sites is 1. The highest BCUT2D eigenvalue weighted by Gasteiger charge is 2.43. The standard InChI is InChI=1S/C47H55N9O7/c1-49-45(58)40(8-5-25-57)55-46(59)38-14-11-34(30-39(38)47(55)60)32-15-19-53(20-16-32)23-26-61-28-29-62-27-24-54-21-17-35(18-22-54)56-44-41(43(48)50-31-51-44)42(52-56)33-9-12-37(13-10-33)63-36-6-3-2-4-7-36/h2-4,6-7,9-14,25,30-32,35,40H,5,8,15-24,26-29H2,1H3,(H,49,58)(H2,48,50,51). The molecule has 3 amide bonds. The first-order valence-corrected chi connectivity index (χ1v) is 21.9. The van der Waals surface area contributed by atoms with Crippen LogP contribution < -0.4 is 15.8 Å². The molecule has 3 aliphatic rings. The second kappa shape index (κ2) is 20.4. The zero-order valence-electron chi connectivity index (χ0n) is 35.7. The number of piperidine rings is 2. The van der Waals surface area contributed by atoms with Gasteiger partial charge in [-0.25, -0.2) is 14.6 Å². The fraction of sp³-hybridized carbons (Fsp3) is 0.426. The van der Waals surface area contributed by atoms with Crippen molar-refractivity contribution < 1.29 is 33.4 Å². The van der Waals surface area contributed by atoms with Crippen LogP contribution in [-0.2, 0) is 19.1 Å². The first-order valence-electron chi connectivity index (χ1n) is 21.9. The zero-order valence-corrected chi connectivity index (χ0v) is 35.7. The predicted octanol–water partition coefficient (Wildman–Crippen LogP) is 5.11. The van der Waals surface area contributed by atoms with E-state index in [2.05, 4.69) is 25.1 Å². The number of likely N-dealkylation sites (N-methyl/N-ethyl adjacent to an activating group) is 1. The molecule has 3 N–H and O–H groups in total. The summed E-state index contributed by atoms with van der Waals surface area (Å²) in [4.78, 5) is 64.8. The van der Waals surface area contributed by atoms with E-state index in [0.717, 1.165) is 109 Å². The van der Waals surface area contributed by atoms with Gasteiger partial charge in [0.1, 0.15) is 41.7 Å². The fourth-order valence-corrected chi connectivity index (χ4v) is 8.93. The Morgan fingerprint density at radius 3 is 2.14 bits per heavy atom. The SMILES string of the molecule is CNC(=O)C(CCC=O)N1C(=O)c2ccc(C3CCN(CCOCCOCCN4CCC(n5nc(-c6ccc(Oc7ccccc7)cc6)c6c(N)ncnc65)CC4)CC3)cc2C1=O. The minimum Gasteiger partial charge on any atom is -0.457 e. The fourth-order valence-electron chi connectivity index (χ4n) is 8.93. The number of aromatic nitrogens is 4. The number of anilines is 1. The number of likely N-dealkylation sites (tertiary alicyclic amines) is 2. The molecule has 3 aromatic carbocycles. The van der Waals surface area contributed by atoms with E-state index in [0.29, 0.717) is 49.7 Å². The van der Waals surface area contributed by atoms with Crippen molar-refractivity contribution in [3.63, 3.8) is 0 Å². The Morgan fingerprint density at radius 2 is 1.48 bits per heavy atom. The van der Waals surface area contributed by atoms with Crippen LogP contribution in [0.2, 0.25) is 0 Å². The number of nitrogens with zero attached hydrogens (tertiary/aromatic N) is 7. The summed E-state index contributed by atoms with van der Waals surface area (Å²) in [6.07, 6.45) is 6.07. The number of nitrogens with one attached hydrogen (secondary N) is 1. The number of hydrogen-bond acceptors (Lipinski definition) is 13. The average molecular weight is 858 g/mol. The highest BCUT2D eigenvalue weighted by molar-refractivity contribution is 6.23. The number of nitrogens with two attached hydrogens (primary N) is 1. The normalized spacial score (nSPS) is 17.0. The Bertz CT molecular complexity index is 2380. The highest BCUT2D eigenvalue weighted by Crippen LogP contribution is 2.36. The van der Waals surface area contributed by atoms with Crippen LogP contribution in [0, 0.1) is 0 Å². The van der Waals surface area contributed by atoms with Gasteiger partial charge in [0, 0.05) is 45.2 Å². The molecule has 0 radical (unpaired) electrons. The lowest BCUT2D eigenvalue weighted by Gasteiger charge is -2.32. The number of imide groups is 1. The van der Waals surface area contributed by atoms with Crippen LogP contribution in [0.3, 0.4) is 0 Å². The van der Waals surface area contributed by atoms with Gasteiger partial charge in [0.15, 0.2) is 5.65 Å². The monoisotopic (exact) mass is 857 g/mol. The molecule has 63 heavy (non-hydrogen) atoms. The summed E-state index contributed by atoms with van der Waals surface area (Å²) < 4.78 is 19.9. The highest BCUT2D eigenvalue weighted by atomic mass is 16.5. The van der Waals surface area contributed by atoms with Crippen molar-refractivity contribution in [2.45, 2.75) is 56.5 Å². The molecule has 1 atom stereocenters. The Balaban J connectivity index is 0.723. The molecule has 0 bridgehead atoms. The van der Waals surface area contributed by atoms with Gasteiger partial charge in [-0.3, -0.25) is 19.3 Å². The van der Waals surface area contributed by atoms with Crippen LogP contribution >= 0.6 is 0 Å². The summed E-state index contributed by atoms with van der Waals surface area (Å²) in [5, 5.41) is 8.35. The number of fused-ring (bicyclic) bond motifs is 2. The van der Waals surface area contributed by atoms with Crippen molar-refractivity contribution in [1.29, 1.82) is 0 Å². The summed E-state index contributed by atoms with van der Waals surface area (Å²) in [7, 11) is 1.45. The van der Waals surface area contributed by atoms with Crippen LogP contribution in [0.1, 0.15) is 76.8 Å². The van der Waals surface area contributed by atoms with Crippen molar-refractivity contribution in [2.24, 2.45) is 0 Å². The number of aldehydes is 1. The molecule has 2 fully saturated rings. The second-order valence-corrected chi connectivity index (χ2v) is 16.3. The van der Waals surface area contributed by atoms with Crippen LogP contribution in [0.25, 0.3) is 22.3 Å². The molecule has 0 aliphatic carbocycles. The minimum atomic E-state index is -1.02. The molecule has 3 aliphatic heterocycles. The molecule has 0 spiro atoms. The molecule has 16 nitrogen and oxygen atoms in total. The van der Waals surface area contributed by atoms with E-state index >= 15 is 0 Å². The van der Waals surface area contributed by atoms with Crippen molar-refractivity contribution in [1.82, 2.24) is 39.8 Å². The Morgan fingerprint density at radius 1 is 0.825 bits per heavy atom. The van der Waals surface area contributed by atoms with E-state index in [4.69, 9.17) is 25.0 Å². The quantitative estimate of drug-likeness (QED) is 0.0635. The summed E-state index contributed by atoms with van der Waals surface area (Å²) >= 11 is 0. The van der Waals surface area contributed by atoms with Gasteiger partial charge in [0.2, 0.25) is 5.91 Å². The molecule has 2 aromatic heterocycles. The van der Waals surface area contributed by atoms with Crippen molar-refractivity contribution >= 4 is 40.9 Å². The van der Waals surface area contributed by atoms with Gasteiger partial charge in [0.25, 0.3) is 11.8 Å². The molecule has 1 unspecified atom stereocenters. The maximum atomic E-state index is 13.4. The summed E-state index contributed by atoms with van der Waals surface area (Å²) in [6.45, 7) is 7.68. The average Bonchev–Trinajstić information content (AvgIpc) is 3.83. The third-order valence-electron chi connectivity index (χ3n) is 12.4. The second-order valence-electron chi connectivity index (χ2n) is 16.3. The van der Waals surface area contributed by atoms with E-state index in [-0.39, 0.29) is 24.8 Å². The van der Waals surface area contributed by atoms with Crippen LogP contribution in [0.15, 0.2) is 79.1 Å². The smallest absolute Gasteiger partial charge is 0.262 e. The minimum absolute atomic E-state index is 0.0723. The molecular formula is C47H55N9O7. The molecule has 2 saturated heterocycles. The number of amides is 3. The predicted molar refractivity (Wildman–Crippen MR) is 237 cm³/mol. The van der Waals surface area contributed by atoms with E-state index in [9.17, 15) is 19.2 Å². The number of ether oxygens (including phenoxy) is 3. The molecule has 330 valence electrons. The van der Waals surface area contributed by atoms with Crippen LogP contribution in [0.4, 0.5) is 5.82 Å². The number of hydrogen-bond donors (Lipinski definition) is 2. The van der Waals surface area contributed by atoms with Gasteiger partial charge < -0.3 is 39.9 Å². The third kappa shape index (κ3) is 9.94. The lowest BCUT2D eigenvalue weighted by Crippen LogP contribution is -2.48. The summed E-state index contributed by atoms with van der Waals surface area (Å²) in [5.74, 6) is 0.742. The van der Waals surface area contributed by atoms with Crippen LogP contribution in [-0.4, -0.2) is 137 Å². The van der Waals surface area contributed by atoms with E-state index < -0.39 is 23.8 Å². The molecule has 5 aromatic rings. The Kier molecular flexibility index (Phi) is 14.1.